The molecule has 2 N–H and O–H groups in total. The van der Waals surface area contributed by atoms with Crippen LogP contribution in [0, 0.1) is 6.92 Å². The molecule has 0 aliphatic rings. The van der Waals surface area contributed by atoms with Crippen LogP contribution in [0.1, 0.15) is 47.3 Å². The molecule has 0 bridgehead atoms. The molecule has 0 amide bonds. The Hall–Kier alpha value is -2.17. The highest BCUT2D eigenvalue weighted by molar-refractivity contribution is 5.88. The fourth-order valence-electron chi connectivity index (χ4n) is 1.98. The second kappa shape index (κ2) is 8.85. The maximum Gasteiger partial charge on any atom is 0.314 e. The van der Waals surface area contributed by atoms with Crippen LogP contribution < -0.4 is 0 Å². The van der Waals surface area contributed by atoms with E-state index in [0.717, 1.165) is 24.7 Å². The number of carbonyl (C=O) groups excluding carboxylic acids is 1. The number of aryl methyl sites for hydroxylation is 1. The molecule has 0 radical (unpaired) electrons. The van der Waals surface area contributed by atoms with E-state index in [-0.39, 0.29) is 0 Å². The predicted molar refractivity (Wildman–Crippen MR) is 75.2 cm³/mol. The lowest BCUT2D eigenvalue weighted by molar-refractivity contribution is -0.147. The third kappa shape index (κ3) is 5.65. The highest BCUT2D eigenvalue weighted by Crippen LogP contribution is 2.19. The van der Waals surface area contributed by atoms with Crippen molar-refractivity contribution >= 4 is 18.2 Å². The van der Waals surface area contributed by atoms with Crippen LogP contribution in [0.3, 0.4) is 0 Å². The van der Waals surface area contributed by atoms with Crippen LogP contribution in [0.25, 0.3) is 0 Å². The van der Waals surface area contributed by atoms with Crippen LogP contribution in [0.15, 0.2) is 12.1 Å². The van der Waals surface area contributed by atoms with Gasteiger partial charge in [0.15, 0.2) is 0 Å². The van der Waals surface area contributed by atoms with Crippen molar-refractivity contribution in [2.45, 2.75) is 40.0 Å². The molecular formula is C15H20O5. The van der Waals surface area contributed by atoms with E-state index < -0.39 is 18.4 Å². The summed E-state index contributed by atoms with van der Waals surface area (Å²) in [5, 5.41) is 15.4. The molecule has 0 aromatic heterocycles. The Morgan fingerprint density at radius 3 is 1.85 bits per heavy atom. The lowest BCUT2D eigenvalue weighted by atomic mass is 9.94. The van der Waals surface area contributed by atoms with Gasteiger partial charge in [0.1, 0.15) is 12.7 Å². The molecule has 0 saturated heterocycles. The Morgan fingerprint density at radius 2 is 1.55 bits per heavy atom. The molecule has 0 atom stereocenters. The van der Waals surface area contributed by atoms with Crippen LogP contribution in [-0.2, 0) is 22.4 Å². The van der Waals surface area contributed by atoms with Crippen molar-refractivity contribution in [1.29, 1.82) is 0 Å². The van der Waals surface area contributed by atoms with Gasteiger partial charge in [-0.15, -0.1) is 0 Å². The molecule has 110 valence electrons. The summed E-state index contributed by atoms with van der Waals surface area (Å²) in [6, 6.07) is 3.95. The van der Waals surface area contributed by atoms with Crippen molar-refractivity contribution in [3.05, 3.63) is 34.4 Å². The molecular weight excluding hydrogens is 260 g/mol. The van der Waals surface area contributed by atoms with Gasteiger partial charge in [-0.3, -0.25) is 14.4 Å². The van der Waals surface area contributed by atoms with Gasteiger partial charge in [0.25, 0.3) is 0 Å². The van der Waals surface area contributed by atoms with Crippen LogP contribution in [0.4, 0.5) is 0 Å². The summed E-state index contributed by atoms with van der Waals surface area (Å²) in [7, 11) is 0. The summed E-state index contributed by atoms with van der Waals surface area (Å²) < 4.78 is 0. The van der Waals surface area contributed by atoms with Gasteiger partial charge in [0.05, 0.1) is 0 Å². The molecule has 1 rings (SSSR count). The second-order valence-electron chi connectivity index (χ2n) is 4.22. The second-order valence-corrected chi connectivity index (χ2v) is 4.22. The molecule has 20 heavy (non-hydrogen) atoms. The molecule has 0 aliphatic carbocycles. The zero-order valence-corrected chi connectivity index (χ0v) is 12.0. The fraction of sp³-hybridized carbons (Fsp3) is 0.400. The summed E-state index contributed by atoms with van der Waals surface area (Å²) in [5.41, 5.74) is 4.71. The van der Waals surface area contributed by atoms with Crippen LogP contribution in [0.5, 0.6) is 0 Å². The van der Waals surface area contributed by atoms with Gasteiger partial charge in [0, 0.05) is 5.56 Å². The average Bonchev–Trinajstić information content (AvgIpc) is 2.37. The number of carboxylic acid groups (broad SMARTS) is 2. The fourth-order valence-corrected chi connectivity index (χ4v) is 1.98. The maximum absolute atomic E-state index is 10.8. The third-order valence-corrected chi connectivity index (χ3v) is 2.84. The first kappa shape index (κ1) is 17.8. The number of rotatable bonds is 5. The number of carboxylic acids is 2. The molecule has 0 heterocycles. The molecule has 0 fully saturated rings. The lowest BCUT2D eigenvalue weighted by Gasteiger charge is -2.11. The first-order valence-corrected chi connectivity index (χ1v) is 6.37. The maximum atomic E-state index is 10.8. The minimum Gasteiger partial charge on any atom is -0.481 e. The lowest BCUT2D eigenvalue weighted by Crippen LogP contribution is -2.03. The van der Waals surface area contributed by atoms with Crippen molar-refractivity contribution in [3.8, 4) is 0 Å². The average molecular weight is 280 g/mol. The summed E-state index contributed by atoms with van der Waals surface area (Å²) >= 11 is 0. The van der Waals surface area contributed by atoms with E-state index >= 15 is 0 Å². The Bertz CT molecular complexity index is 479. The molecule has 5 nitrogen and oxygen atoms in total. The van der Waals surface area contributed by atoms with Crippen LogP contribution >= 0.6 is 0 Å². The number of carbonyl (C=O) groups is 3. The van der Waals surface area contributed by atoms with Gasteiger partial charge in [-0.2, -0.15) is 0 Å². The largest absolute Gasteiger partial charge is 0.481 e. The van der Waals surface area contributed by atoms with Crippen molar-refractivity contribution in [2.75, 3.05) is 0 Å². The summed E-state index contributed by atoms with van der Waals surface area (Å²) in [5.74, 6) is -2.62. The molecule has 1 aromatic carbocycles. The quantitative estimate of drug-likeness (QED) is 0.638. The van der Waals surface area contributed by atoms with Gasteiger partial charge in [-0.05, 0) is 36.5 Å². The predicted octanol–water partition coefficient (Wildman–Crippen LogP) is 2.48. The van der Waals surface area contributed by atoms with Crippen molar-refractivity contribution in [1.82, 2.24) is 0 Å². The zero-order valence-electron chi connectivity index (χ0n) is 12.0. The molecule has 0 spiro atoms. The minimum atomic E-state index is -1.31. The number of aldehydes is 1. The topological polar surface area (TPSA) is 91.7 Å². The Morgan fingerprint density at radius 1 is 1.05 bits per heavy atom. The standard InChI is InChI=1S/C12H16O.C3H4O4/c1-4-11-9(3)6-7-10(8-13)12(11)5-2;4-2(5)1-3(6)7/h6-8H,4-5H2,1-3H3;1H2,(H,4,5)(H,6,7). The number of hydrogen-bond acceptors (Lipinski definition) is 3. The van der Waals surface area contributed by atoms with Crippen molar-refractivity contribution in [2.24, 2.45) is 0 Å². The molecule has 1 aromatic rings. The minimum absolute atomic E-state index is 0.806. The van der Waals surface area contributed by atoms with E-state index in [1.54, 1.807) is 0 Å². The third-order valence-electron chi connectivity index (χ3n) is 2.84. The SMILES string of the molecule is CCc1c(C)ccc(C=O)c1CC.O=C(O)CC(=O)O. The van der Waals surface area contributed by atoms with E-state index in [1.165, 1.54) is 16.7 Å². The van der Waals surface area contributed by atoms with Gasteiger partial charge >= 0.3 is 11.9 Å². The number of benzene rings is 1. The van der Waals surface area contributed by atoms with Crippen LogP contribution in [0.2, 0.25) is 0 Å². The van der Waals surface area contributed by atoms with Crippen molar-refractivity contribution < 1.29 is 24.6 Å². The smallest absolute Gasteiger partial charge is 0.314 e. The van der Waals surface area contributed by atoms with Gasteiger partial charge < -0.3 is 10.2 Å². The number of aliphatic carboxylic acids is 2. The first-order valence-electron chi connectivity index (χ1n) is 6.37. The summed E-state index contributed by atoms with van der Waals surface area (Å²) in [6.45, 7) is 6.34. The van der Waals surface area contributed by atoms with Gasteiger partial charge in [-0.1, -0.05) is 26.0 Å². The molecule has 0 saturated carbocycles. The van der Waals surface area contributed by atoms with E-state index in [0.29, 0.717) is 0 Å². The molecule has 5 heteroatoms. The number of hydrogen-bond donors (Lipinski definition) is 2. The summed E-state index contributed by atoms with van der Waals surface area (Å²) in [4.78, 5) is 29.6. The van der Waals surface area contributed by atoms with E-state index in [1.807, 2.05) is 12.1 Å². The monoisotopic (exact) mass is 280 g/mol. The van der Waals surface area contributed by atoms with Crippen LogP contribution in [-0.4, -0.2) is 28.4 Å². The van der Waals surface area contributed by atoms with E-state index in [9.17, 15) is 14.4 Å². The Labute approximate surface area is 118 Å². The van der Waals surface area contributed by atoms with Gasteiger partial charge in [0.2, 0.25) is 0 Å². The zero-order chi connectivity index (χ0) is 15.7. The van der Waals surface area contributed by atoms with E-state index in [4.69, 9.17) is 10.2 Å². The Balaban J connectivity index is 0.000000441. The van der Waals surface area contributed by atoms with Crippen molar-refractivity contribution in [3.63, 3.8) is 0 Å². The molecule has 0 aliphatic heterocycles. The highest BCUT2D eigenvalue weighted by atomic mass is 16.4. The van der Waals surface area contributed by atoms with Gasteiger partial charge in [-0.25, -0.2) is 0 Å². The first-order chi connectivity index (χ1) is 9.37. The summed E-state index contributed by atoms with van der Waals surface area (Å²) in [6.07, 6.45) is 2.10. The Kier molecular flexibility index (Phi) is 7.89. The molecule has 0 unspecified atom stereocenters. The van der Waals surface area contributed by atoms with E-state index in [2.05, 4.69) is 20.8 Å². The normalized spacial score (nSPS) is 9.35. The highest BCUT2D eigenvalue weighted by Gasteiger charge is 2.06.